The third-order valence-corrected chi connectivity index (χ3v) is 3.38. The number of rotatable bonds is 5. The summed E-state index contributed by atoms with van der Waals surface area (Å²) in [5.41, 5.74) is -0.193. The van der Waals surface area contributed by atoms with Crippen LogP contribution < -0.4 is 10.6 Å². The highest BCUT2D eigenvalue weighted by Crippen LogP contribution is 2.34. The van der Waals surface area contributed by atoms with Crippen LogP contribution in [0.2, 0.25) is 0 Å². The number of hydrogen-bond acceptors (Lipinski definition) is 2. The Bertz CT molecular complexity index is 230. The summed E-state index contributed by atoms with van der Waals surface area (Å²) in [6.07, 6.45) is 3.62. The molecule has 1 atom stereocenters. The van der Waals surface area contributed by atoms with Crippen LogP contribution in [0.3, 0.4) is 0 Å². The van der Waals surface area contributed by atoms with Crippen LogP contribution in [0, 0.1) is 11.3 Å². The van der Waals surface area contributed by atoms with Gasteiger partial charge in [-0.25, -0.2) is 0 Å². The molecule has 0 radical (unpaired) electrons. The molecule has 1 heterocycles. The predicted molar refractivity (Wildman–Crippen MR) is 62.6 cm³/mol. The monoisotopic (exact) mass is 210 g/mol. The molecule has 1 amide bonds. The predicted octanol–water partition coefficient (Wildman–Crippen LogP) is 1.31. The third-order valence-electron chi connectivity index (χ3n) is 3.38. The van der Waals surface area contributed by atoms with E-state index in [0.717, 1.165) is 25.9 Å². The molecule has 0 saturated carbocycles. The lowest BCUT2D eigenvalue weighted by atomic mass is 9.75. The fourth-order valence-corrected chi connectivity index (χ4v) is 2.12. The molecule has 0 aromatic rings. The van der Waals surface area contributed by atoms with Crippen LogP contribution in [0.4, 0.5) is 0 Å². The first-order valence-corrected chi connectivity index (χ1v) is 5.73. The van der Waals surface area contributed by atoms with E-state index in [0.29, 0.717) is 12.5 Å². The summed E-state index contributed by atoms with van der Waals surface area (Å²) in [7, 11) is 0. The number of carbonyl (C=O) groups is 1. The molecule has 1 saturated heterocycles. The molecular formula is C12H22N2O. The van der Waals surface area contributed by atoms with E-state index in [9.17, 15) is 4.79 Å². The SMILES string of the molecule is C=CCCNC(=O)C1(C(C)C)CCNC1. The van der Waals surface area contributed by atoms with Crippen molar-refractivity contribution in [2.45, 2.75) is 26.7 Å². The van der Waals surface area contributed by atoms with Crippen LogP contribution in [0.15, 0.2) is 12.7 Å². The van der Waals surface area contributed by atoms with Gasteiger partial charge in [0, 0.05) is 13.1 Å². The van der Waals surface area contributed by atoms with Crippen LogP contribution in [0.1, 0.15) is 26.7 Å². The minimum absolute atomic E-state index is 0.193. The van der Waals surface area contributed by atoms with Gasteiger partial charge in [0.1, 0.15) is 0 Å². The van der Waals surface area contributed by atoms with Crippen molar-refractivity contribution in [3.8, 4) is 0 Å². The Balaban J connectivity index is 2.56. The first-order valence-electron chi connectivity index (χ1n) is 5.73. The summed E-state index contributed by atoms with van der Waals surface area (Å²) in [5.74, 6) is 0.584. The van der Waals surface area contributed by atoms with Gasteiger partial charge in [0.2, 0.25) is 5.91 Å². The minimum atomic E-state index is -0.193. The molecule has 2 N–H and O–H groups in total. The smallest absolute Gasteiger partial charge is 0.227 e. The van der Waals surface area contributed by atoms with Crippen LogP contribution in [0.5, 0.6) is 0 Å². The summed E-state index contributed by atoms with van der Waals surface area (Å²) < 4.78 is 0. The Morgan fingerprint density at radius 3 is 2.87 bits per heavy atom. The zero-order chi connectivity index (χ0) is 11.3. The summed E-state index contributed by atoms with van der Waals surface area (Å²) in [6.45, 7) is 10.4. The number of carbonyl (C=O) groups excluding carboxylic acids is 1. The van der Waals surface area contributed by atoms with E-state index in [-0.39, 0.29) is 11.3 Å². The maximum Gasteiger partial charge on any atom is 0.227 e. The lowest BCUT2D eigenvalue weighted by Crippen LogP contribution is -2.46. The summed E-state index contributed by atoms with van der Waals surface area (Å²) >= 11 is 0. The zero-order valence-electron chi connectivity index (χ0n) is 9.81. The average molecular weight is 210 g/mol. The molecule has 1 fully saturated rings. The summed E-state index contributed by atoms with van der Waals surface area (Å²) in [4.78, 5) is 12.1. The second-order valence-electron chi connectivity index (χ2n) is 4.57. The van der Waals surface area contributed by atoms with Gasteiger partial charge in [0.15, 0.2) is 0 Å². The van der Waals surface area contributed by atoms with Gasteiger partial charge in [-0.1, -0.05) is 19.9 Å². The van der Waals surface area contributed by atoms with Gasteiger partial charge >= 0.3 is 0 Å². The van der Waals surface area contributed by atoms with E-state index in [1.165, 1.54) is 0 Å². The van der Waals surface area contributed by atoms with E-state index in [2.05, 4.69) is 31.1 Å². The number of amides is 1. The Hall–Kier alpha value is -0.830. The highest BCUT2D eigenvalue weighted by Gasteiger charge is 2.43. The third kappa shape index (κ3) is 2.59. The molecule has 0 bridgehead atoms. The maximum absolute atomic E-state index is 12.1. The Morgan fingerprint density at radius 1 is 1.67 bits per heavy atom. The molecule has 86 valence electrons. The van der Waals surface area contributed by atoms with Crippen molar-refractivity contribution in [3.63, 3.8) is 0 Å². The molecule has 1 aliphatic heterocycles. The molecule has 0 spiro atoms. The van der Waals surface area contributed by atoms with Crippen molar-refractivity contribution < 1.29 is 4.79 Å². The van der Waals surface area contributed by atoms with Crippen LogP contribution in [-0.4, -0.2) is 25.5 Å². The van der Waals surface area contributed by atoms with Gasteiger partial charge in [0.05, 0.1) is 5.41 Å². The minimum Gasteiger partial charge on any atom is -0.355 e. The summed E-state index contributed by atoms with van der Waals surface area (Å²) in [5, 5.41) is 6.28. The fourth-order valence-electron chi connectivity index (χ4n) is 2.12. The van der Waals surface area contributed by atoms with Crippen molar-refractivity contribution >= 4 is 5.91 Å². The van der Waals surface area contributed by atoms with Gasteiger partial charge in [-0.3, -0.25) is 4.79 Å². The second kappa shape index (κ2) is 5.31. The molecule has 1 aliphatic rings. The Kier molecular flexibility index (Phi) is 4.33. The number of nitrogens with one attached hydrogen (secondary N) is 2. The summed E-state index contributed by atoms with van der Waals surface area (Å²) in [6, 6.07) is 0. The lowest BCUT2D eigenvalue weighted by Gasteiger charge is -2.31. The fraction of sp³-hybridized carbons (Fsp3) is 0.750. The molecule has 3 nitrogen and oxygen atoms in total. The normalized spacial score (nSPS) is 25.5. The quantitative estimate of drug-likeness (QED) is 0.531. The standard InChI is InChI=1S/C12H22N2O/c1-4-5-7-14-11(15)12(10(2)3)6-8-13-9-12/h4,10,13H,1,5-9H2,2-3H3,(H,14,15). The molecule has 1 rings (SSSR count). The van der Waals surface area contributed by atoms with Crippen molar-refractivity contribution in [2.24, 2.45) is 11.3 Å². The molecule has 0 aromatic heterocycles. The van der Waals surface area contributed by atoms with Gasteiger partial charge in [-0.2, -0.15) is 0 Å². The van der Waals surface area contributed by atoms with E-state index < -0.39 is 0 Å². The highest BCUT2D eigenvalue weighted by molar-refractivity contribution is 5.83. The largest absolute Gasteiger partial charge is 0.355 e. The van der Waals surface area contributed by atoms with Crippen LogP contribution in [0.25, 0.3) is 0 Å². The first-order chi connectivity index (χ1) is 7.13. The van der Waals surface area contributed by atoms with Crippen molar-refractivity contribution in [1.82, 2.24) is 10.6 Å². The van der Waals surface area contributed by atoms with Crippen LogP contribution >= 0.6 is 0 Å². The molecule has 3 heteroatoms. The first kappa shape index (κ1) is 12.2. The Labute approximate surface area is 92.3 Å². The second-order valence-corrected chi connectivity index (χ2v) is 4.57. The zero-order valence-corrected chi connectivity index (χ0v) is 9.81. The van der Waals surface area contributed by atoms with Crippen molar-refractivity contribution in [2.75, 3.05) is 19.6 Å². The van der Waals surface area contributed by atoms with Crippen LogP contribution in [-0.2, 0) is 4.79 Å². The van der Waals surface area contributed by atoms with E-state index in [4.69, 9.17) is 0 Å². The maximum atomic E-state index is 12.1. The highest BCUT2D eigenvalue weighted by atomic mass is 16.2. The van der Waals surface area contributed by atoms with E-state index >= 15 is 0 Å². The molecule has 0 aromatic carbocycles. The Morgan fingerprint density at radius 2 is 2.40 bits per heavy atom. The van der Waals surface area contributed by atoms with Crippen molar-refractivity contribution in [3.05, 3.63) is 12.7 Å². The molecule has 1 unspecified atom stereocenters. The van der Waals surface area contributed by atoms with E-state index in [1.54, 1.807) is 0 Å². The van der Waals surface area contributed by atoms with Gasteiger partial charge in [-0.05, 0) is 25.3 Å². The van der Waals surface area contributed by atoms with Gasteiger partial charge < -0.3 is 10.6 Å². The molecular weight excluding hydrogens is 188 g/mol. The van der Waals surface area contributed by atoms with Gasteiger partial charge in [-0.15, -0.1) is 6.58 Å². The lowest BCUT2D eigenvalue weighted by molar-refractivity contribution is -0.132. The van der Waals surface area contributed by atoms with Gasteiger partial charge in [0.25, 0.3) is 0 Å². The van der Waals surface area contributed by atoms with E-state index in [1.807, 2.05) is 6.08 Å². The number of hydrogen-bond donors (Lipinski definition) is 2. The average Bonchev–Trinajstić information content (AvgIpc) is 2.67. The van der Waals surface area contributed by atoms with Crippen molar-refractivity contribution in [1.29, 1.82) is 0 Å². The topological polar surface area (TPSA) is 41.1 Å². The molecule has 15 heavy (non-hydrogen) atoms. The molecule has 0 aliphatic carbocycles.